The third-order valence-corrected chi connectivity index (χ3v) is 6.27. The molecular weight excluding hydrogens is 466 g/mol. The van der Waals surface area contributed by atoms with Crippen molar-refractivity contribution in [3.05, 3.63) is 71.9 Å². The van der Waals surface area contributed by atoms with E-state index in [-0.39, 0.29) is 19.3 Å². The van der Waals surface area contributed by atoms with Crippen molar-refractivity contribution < 1.29 is 18.8 Å². The second-order valence-electron chi connectivity index (χ2n) is 7.54. The minimum atomic E-state index is -2.94. The van der Waals surface area contributed by atoms with E-state index in [2.05, 4.69) is 36.8 Å². The standard InChI is InChI=1S/C25H27N5O4S/c1-4-34-25(32)30-35(3,33)22-14-12-21(13-15-22)28-24-26-16-20(23(29-24)27-18(2)17-31)11-10-19-8-6-5-7-9-19/h5-9,12-16,18,31H,4,17H2,1-3H3,(H2,26,27,28,29)/t18-,35?/m1/s1. The predicted molar refractivity (Wildman–Crippen MR) is 136 cm³/mol. The molecule has 2 aromatic carbocycles. The van der Waals surface area contributed by atoms with Gasteiger partial charge in [-0.2, -0.15) is 4.98 Å². The molecule has 0 saturated carbocycles. The molecular formula is C25H27N5O4S. The van der Waals surface area contributed by atoms with Crippen molar-refractivity contribution in [2.75, 3.05) is 30.1 Å². The van der Waals surface area contributed by atoms with Crippen molar-refractivity contribution in [1.29, 1.82) is 0 Å². The molecule has 0 bridgehead atoms. The first-order chi connectivity index (χ1) is 16.8. The highest BCUT2D eigenvalue weighted by Crippen LogP contribution is 2.20. The smallest absolute Gasteiger partial charge is 0.442 e. The number of aromatic nitrogens is 2. The number of benzene rings is 2. The van der Waals surface area contributed by atoms with Crippen LogP contribution in [0.5, 0.6) is 0 Å². The number of anilines is 3. The van der Waals surface area contributed by atoms with E-state index in [9.17, 15) is 14.1 Å². The number of hydrogen-bond acceptors (Lipinski definition) is 8. The number of aliphatic hydroxyl groups is 1. The summed E-state index contributed by atoms with van der Waals surface area (Å²) >= 11 is 0. The number of hydrogen-bond donors (Lipinski definition) is 3. The van der Waals surface area contributed by atoms with Gasteiger partial charge in [0.25, 0.3) is 0 Å². The van der Waals surface area contributed by atoms with Crippen LogP contribution in [0.15, 0.2) is 70.1 Å². The monoisotopic (exact) mass is 493 g/mol. The fourth-order valence-corrected chi connectivity index (χ4v) is 3.93. The summed E-state index contributed by atoms with van der Waals surface area (Å²) in [5, 5.41) is 15.7. The van der Waals surface area contributed by atoms with Gasteiger partial charge >= 0.3 is 6.09 Å². The summed E-state index contributed by atoms with van der Waals surface area (Å²) in [6.07, 6.45) is 2.12. The van der Waals surface area contributed by atoms with Crippen molar-refractivity contribution in [3.63, 3.8) is 0 Å². The first-order valence-corrected chi connectivity index (χ1v) is 12.8. The lowest BCUT2D eigenvalue weighted by Gasteiger charge is -2.14. The molecule has 0 aliphatic carbocycles. The Labute approximate surface area is 205 Å². The second kappa shape index (κ2) is 12.0. The highest BCUT2D eigenvalue weighted by Gasteiger charge is 2.12. The lowest BCUT2D eigenvalue weighted by Crippen LogP contribution is -2.21. The SMILES string of the molecule is CCOC(=O)N=S(C)(=O)c1ccc(Nc2ncc(C#Cc3ccccc3)c(N[C@H](C)CO)n2)cc1. The molecule has 3 N–H and O–H groups in total. The maximum absolute atomic E-state index is 12.8. The average molecular weight is 494 g/mol. The van der Waals surface area contributed by atoms with Crippen molar-refractivity contribution in [2.24, 2.45) is 4.36 Å². The summed E-state index contributed by atoms with van der Waals surface area (Å²) < 4.78 is 21.2. The Hall–Kier alpha value is -3.94. The molecule has 35 heavy (non-hydrogen) atoms. The summed E-state index contributed by atoms with van der Waals surface area (Å²) in [5.41, 5.74) is 2.09. The van der Waals surface area contributed by atoms with E-state index in [0.29, 0.717) is 27.9 Å². The van der Waals surface area contributed by atoms with Crippen LogP contribution in [0.2, 0.25) is 0 Å². The van der Waals surface area contributed by atoms with Gasteiger partial charge in [0.1, 0.15) is 5.82 Å². The maximum atomic E-state index is 12.8. The Morgan fingerprint density at radius 2 is 1.89 bits per heavy atom. The number of amides is 1. The van der Waals surface area contributed by atoms with Crippen LogP contribution in [0.25, 0.3) is 0 Å². The molecule has 1 heterocycles. The Bertz CT molecular complexity index is 1340. The molecule has 1 aromatic heterocycles. The first kappa shape index (κ1) is 25.7. The number of carbonyl (C=O) groups is 1. The average Bonchev–Trinajstić information content (AvgIpc) is 2.84. The van der Waals surface area contributed by atoms with Gasteiger partial charge in [-0.25, -0.2) is 14.0 Å². The first-order valence-electron chi connectivity index (χ1n) is 10.9. The molecule has 1 unspecified atom stereocenters. The summed E-state index contributed by atoms with van der Waals surface area (Å²) in [6, 6.07) is 15.9. The van der Waals surface area contributed by atoms with E-state index < -0.39 is 15.8 Å². The van der Waals surface area contributed by atoms with Crippen molar-refractivity contribution in [1.82, 2.24) is 9.97 Å². The maximum Gasteiger partial charge on any atom is 0.442 e. The normalized spacial score (nSPS) is 12.9. The summed E-state index contributed by atoms with van der Waals surface area (Å²) in [7, 11) is -2.94. The largest absolute Gasteiger partial charge is 0.448 e. The number of nitrogens with zero attached hydrogens (tertiary/aromatic N) is 3. The Morgan fingerprint density at radius 1 is 1.17 bits per heavy atom. The quantitative estimate of drug-likeness (QED) is 0.421. The summed E-state index contributed by atoms with van der Waals surface area (Å²) in [4.78, 5) is 20.9. The summed E-state index contributed by atoms with van der Waals surface area (Å²) in [6.45, 7) is 3.56. The highest BCUT2D eigenvalue weighted by molar-refractivity contribution is 7.93. The van der Waals surface area contributed by atoms with Gasteiger partial charge in [0.05, 0.1) is 34.7 Å². The minimum absolute atomic E-state index is 0.0765. The van der Waals surface area contributed by atoms with Gasteiger partial charge in [0.2, 0.25) is 5.95 Å². The van der Waals surface area contributed by atoms with Gasteiger partial charge in [-0.15, -0.1) is 4.36 Å². The molecule has 3 aromatic rings. The Kier molecular flexibility index (Phi) is 8.78. The zero-order chi connectivity index (χ0) is 25.3. The number of rotatable bonds is 7. The van der Waals surface area contributed by atoms with Gasteiger partial charge < -0.3 is 20.5 Å². The zero-order valence-corrected chi connectivity index (χ0v) is 20.5. The third-order valence-electron chi connectivity index (χ3n) is 4.63. The molecule has 0 aliphatic heterocycles. The van der Waals surface area contributed by atoms with Gasteiger partial charge in [-0.1, -0.05) is 30.0 Å². The van der Waals surface area contributed by atoms with E-state index >= 15 is 0 Å². The number of aliphatic hydroxyl groups excluding tert-OH is 1. The van der Waals surface area contributed by atoms with Crippen LogP contribution in [0.3, 0.4) is 0 Å². The van der Waals surface area contributed by atoms with Crippen LogP contribution in [-0.4, -0.2) is 50.9 Å². The lowest BCUT2D eigenvalue weighted by atomic mass is 10.2. The van der Waals surface area contributed by atoms with Crippen LogP contribution >= 0.6 is 0 Å². The third kappa shape index (κ3) is 7.53. The van der Waals surface area contributed by atoms with E-state index in [1.807, 2.05) is 37.3 Å². The minimum Gasteiger partial charge on any atom is -0.448 e. The van der Waals surface area contributed by atoms with Gasteiger partial charge in [0.15, 0.2) is 0 Å². The van der Waals surface area contributed by atoms with Crippen molar-refractivity contribution in [3.8, 4) is 11.8 Å². The fraction of sp³-hybridized carbons (Fsp3) is 0.240. The zero-order valence-electron chi connectivity index (χ0n) is 19.7. The molecule has 10 heteroatoms. The molecule has 0 radical (unpaired) electrons. The number of nitrogens with one attached hydrogen (secondary N) is 2. The van der Waals surface area contributed by atoms with Crippen LogP contribution in [0.4, 0.5) is 22.2 Å². The van der Waals surface area contributed by atoms with Crippen LogP contribution < -0.4 is 10.6 Å². The molecule has 0 aliphatic rings. The van der Waals surface area contributed by atoms with Gasteiger partial charge in [-0.05, 0) is 50.2 Å². The summed E-state index contributed by atoms with van der Waals surface area (Å²) in [5.74, 6) is 6.94. The van der Waals surface area contributed by atoms with Crippen molar-refractivity contribution >= 4 is 33.3 Å². The molecule has 2 atom stereocenters. The van der Waals surface area contributed by atoms with Gasteiger partial charge in [-0.3, -0.25) is 0 Å². The topological polar surface area (TPSA) is 126 Å². The molecule has 182 valence electrons. The van der Waals surface area contributed by atoms with Crippen LogP contribution in [0, 0.1) is 11.8 Å². The predicted octanol–water partition coefficient (Wildman–Crippen LogP) is 4.03. The van der Waals surface area contributed by atoms with Gasteiger partial charge in [0, 0.05) is 28.4 Å². The molecule has 9 nitrogen and oxygen atoms in total. The molecule has 3 rings (SSSR count). The van der Waals surface area contributed by atoms with E-state index in [4.69, 9.17) is 4.74 Å². The number of ether oxygens (including phenoxy) is 1. The van der Waals surface area contributed by atoms with Crippen molar-refractivity contribution in [2.45, 2.75) is 24.8 Å². The molecule has 0 fully saturated rings. The molecule has 0 saturated heterocycles. The second-order valence-corrected chi connectivity index (χ2v) is 9.80. The Morgan fingerprint density at radius 3 is 2.54 bits per heavy atom. The van der Waals surface area contributed by atoms with E-state index in [1.165, 1.54) is 6.26 Å². The van der Waals surface area contributed by atoms with Crippen LogP contribution in [0.1, 0.15) is 25.0 Å². The fourth-order valence-electron chi connectivity index (χ4n) is 2.85. The Balaban J connectivity index is 1.83. The lowest BCUT2D eigenvalue weighted by molar-refractivity contribution is 0.164. The molecule has 0 spiro atoms. The van der Waals surface area contributed by atoms with Crippen LogP contribution in [-0.2, 0) is 14.5 Å². The van der Waals surface area contributed by atoms with E-state index in [0.717, 1.165) is 5.56 Å². The number of carbonyl (C=O) groups excluding carboxylic acids is 1. The van der Waals surface area contributed by atoms with E-state index in [1.54, 1.807) is 37.4 Å². The molecule has 1 amide bonds. The highest BCUT2D eigenvalue weighted by atomic mass is 32.2.